The molecule has 1 fully saturated rings. The molecule has 2 aliphatic rings. The van der Waals surface area contributed by atoms with Crippen LogP contribution in [0.5, 0.6) is 11.5 Å². The quantitative estimate of drug-likeness (QED) is 0.285. The molecule has 0 atom stereocenters. The zero-order chi connectivity index (χ0) is 29.5. The van der Waals surface area contributed by atoms with Gasteiger partial charge in [-0.05, 0) is 31.5 Å². The monoisotopic (exact) mass is 574 g/mol. The maximum atomic E-state index is 14.0. The largest absolute Gasteiger partial charge is 0.504 e. The number of amides is 2. The van der Waals surface area contributed by atoms with Gasteiger partial charge in [0.2, 0.25) is 11.7 Å². The third-order valence-electron chi connectivity index (χ3n) is 7.48. The molecule has 42 heavy (non-hydrogen) atoms. The Morgan fingerprint density at radius 2 is 1.95 bits per heavy atom. The lowest BCUT2D eigenvalue weighted by atomic mass is 10.1. The molecule has 1 saturated heterocycles. The van der Waals surface area contributed by atoms with Gasteiger partial charge in [-0.2, -0.15) is 9.50 Å². The van der Waals surface area contributed by atoms with Crippen molar-refractivity contribution in [3.05, 3.63) is 52.0 Å². The number of piperazine rings is 1. The first kappa shape index (κ1) is 27.0. The summed E-state index contributed by atoms with van der Waals surface area (Å²) in [6.07, 6.45) is 1.66. The Balaban J connectivity index is 1.37. The van der Waals surface area contributed by atoms with Gasteiger partial charge in [-0.25, -0.2) is 9.97 Å². The van der Waals surface area contributed by atoms with E-state index in [2.05, 4.69) is 25.4 Å². The Bertz CT molecular complexity index is 1770. The number of fused-ring (bicyclic) bond motifs is 2. The second kappa shape index (κ2) is 10.6. The smallest absolute Gasteiger partial charge is 0.299 e. The number of nitrogens with one attached hydrogen (secondary N) is 1. The molecular weight excluding hydrogens is 544 g/mol. The lowest BCUT2D eigenvalue weighted by Crippen LogP contribution is -2.51. The number of benzene rings is 1. The number of ether oxygens (including phenoxy) is 1. The van der Waals surface area contributed by atoms with Crippen molar-refractivity contribution in [2.45, 2.75) is 26.8 Å². The van der Waals surface area contributed by atoms with Crippen molar-refractivity contribution < 1.29 is 19.4 Å². The van der Waals surface area contributed by atoms with Gasteiger partial charge in [0.15, 0.2) is 17.3 Å². The van der Waals surface area contributed by atoms with Crippen LogP contribution in [0.3, 0.4) is 0 Å². The highest BCUT2D eigenvalue weighted by Crippen LogP contribution is 2.32. The highest BCUT2D eigenvalue weighted by atomic mass is 16.5. The molecule has 0 saturated carbocycles. The van der Waals surface area contributed by atoms with Crippen LogP contribution >= 0.6 is 0 Å². The van der Waals surface area contributed by atoms with Crippen LogP contribution in [0.2, 0.25) is 0 Å². The summed E-state index contributed by atoms with van der Waals surface area (Å²) in [4.78, 5) is 55.2. The van der Waals surface area contributed by atoms with E-state index in [1.165, 1.54) is 10.8 Å². The molecule has 1 aromatic carbocycles. The molecule has 0 spiro atoms. The summed E-state index contributed by atoms with van der Waals surface area (Å²) in [7, 11) is 0. The SMILES string of the molecule is CCc1c(N2CCN(C(=O)c3ncnc(C)c3O)CC2)c(=O)n2nc(-c3ccc4c(c3)OCCN4)nc2n1CC(N)=O. The van der Waals surface area contributed by atoms with E-state index in [0.717, 1.165) is 5.69 Å². The van der Waals surface area contributed by atoms with Crippen molar-refractivity contribution in [2.75, 3.05) is 49.5 Å². The Hall–Kier alpha value is -5.21. The third kappa shape index (κ3) is 4.61. The molecule has 0 radical (unpaired) electrons. The van der Waals surface area contributed by atoms with Crippen LogP contribution in [0.4, 0.5) is 11.4 Å². The Kier molecular flexibility index (Phi) is 6.84. The van der Waals surface area contributed by atoms with Gasteiger partial charge in [0.1, 0.15) is 30.9 Å². The summed E-state index contributed by atoms with van der Waals surface area (Å²) >= 11 is 0. The van der Waals surface area contributed by atoms with Gasteiger partial charge >= 0.3 is 0 Å². The van der Waals surface area contributed by atoms with E-state index in [0.29, 0.717) is 66.9 Å². The van der Waals surface area contributed by atoms with Crippen LogP contribution in [0, 0.1) is 6.92 Å². The van der Waals surface area contributed by atoms with Crippen molar-refractivity contribution >= 4 is 29.0 Å². The molecule has 15 nitrogen and oxygen atoms in total. The van der Waals surface area contributed by atoms with E-state index < -0.39 is 11.8 Å². The summed E-state index contributed by atoms with van der Waals surface area (Å²) in [5.74, 6) is -0.0829. The fourth-order valence-electron chi connectivity index (χ4n) is 5.39. The normalized spacial score (nSPS) is 14.8. The van der Waals surface area contributed by atoms with Gasteiger partial charge in [-0.1, -0.05) is 6.92 Å². The summed E-state index contributed by atoms with van der Waals surface area (Å²) in [6.45, 7) is 5.75. The molecule has 2 amide bonds. The van der Waals surface area contributed by atoms with E-state index >= 15 is 0 Å². The third-order valence-corrected chi connectivity index (χ3v) is 7.48. The molecule has 218 valence electrons. The van der Waals surface area contributed by atoms with E-state index in [9.17, 15) is 19.5 Å². The molecule has 0 aliphatic carbocycles. The number of hydrogen-bond acceptors (Lipinski definition) is 11. The predicted molar refractivity (Wildman–Crippen MR) is 152 cm³/mol. The number of aromatic hydroxyl groups is 1. The molecule has 15 heteroatoms. The number of nitrogens with two attached hydrogens (primary N) is 1. The molecule has 2 aliphatic heterocycles. The van der Waals surface area contributed by atoms with E-state index in [1.54, 1.807) is 16.4 Å². The second-order valence-electron chi connectivity index (χ2n) is 10.1. The molecule has 0 bridgehead atoms. The standard InChI is InChI=1S/C27H30N10O5/c1-3-18-22(34-7-9-35(10-8-34)25(40)21-23(39)15(2)30-14-31-21)26(41)37-27(36(18)13-20(28)38)32-24(33-37)16-4-5-17-19(12-16)42-11-6-29-17/h4-5,12,14,29,39H,3,6-11,13H2,1-2H3,(H2,28,38). The zero-order valence-electron chi connectivity index (χ0n) is 23.2. The summed E-state index contributed by atoms with van der Waals surface area (Å²) < 4.78 is 8.58. The number of primary amides is 1. The number of carbonyl (C=O) groups is 2. The Labute approximate surface area is 239 Å². The lowest BCUT2D eigenvalue weighted by molar-refractivity contribution is -0.118. The number of rotatable bonds is 6. The van der Waals surface area contributed by atoms with Crippen LogP contribution in [-0.2, 0) is 17.8 Å². The Morgan fingerprint density at radius 1 is 1.17 bits per heavy atom. The highest BCUT2D eigenvalue weighted by molar-refractivity contribution is 5.95. The maximum absolute atomic E-state index is 14.0. The number of hydrogen-bond donors (Lipinski definition) is 3. The molecule has 4 aromatic rings. The molecule has 4 N–H and O–H groups in total. The van der Waals surface area contributed by atoms with Crippen molar-refractivity contribution in [3.8, 4) is 22.9 Å². The van der Waals surface area contributed by atoms with Crippen molar-refractivity contribution in [1.29, 1.82) is 0 Å². The molecule has 3 aromatic heterocycles. The van der Waals surface area contributed by atoms with Crippen LogP contribution in [0.15, 0.2) is 29.3 Å². The van der Waals surface area contributed by atoms with Gasteiger partial charge in [0.05, 0.1) is 17.1 Å². The van der Waals surface area contributed by atoms with Crippen molar-refractivity contribution in [2.24, 2.45) is 5.73 Å². The number of aromatic nitrogens is 6. The summed E-state index contributed by atoms with van der Waals surface area (Å²) in [6, 6.07) is 5.53. The molecule has 0 unspecified atom stereocenters. The zero-order valence-corrected chi connectivity index (χ0v) is 23.2. The van der Waals surface area contributed by atoms with E-state index in [4.69, 9.17) is 10.5 Å². The van der Waals surface area contributed by atoms with Crippen LogP contribution in [0.25, 0.3) is 17.2 Å². The fourth-order valence-corrected chi connectivity index (χ4v) is 5.39. The van der Waals surface area contributed by atoms with Gasteiger partial charge < -0.3 is 35.3 Å². The van der Waals surface area contributed by atoms with E-state index in [1.807, 2.05) is 30.0 Å². The minimum Gasteiger partial charge on any atom is -0.504 e. The van der Waals surface area contributed by atoms with Crippen LogP contribution < -0.4 is 26.2 Å². The number of anilines is 2. The lowest BCUT2D eigenvalue weighted by Gasteiger charge is -2.36. The first-order valence-electron chi connectivity index (χ1n) is 13.6. The maximum Gasteiger partial charge on any atom is 0.299 e. The Morgan fingerprint density at radius 3 is 2.69 bits per heavy atom. The highest BCUT2D eigenvalue weighted by Gasteiger charge is 2.30. The molecule has 5 heterocycles. The fraction of sp³-hybridized carbons (Fsp3) is 0.370. The molecule has 6 rings (SSSR count). The van der Waals surface area contributed by atoms with Crippen LogP contribution in [-0.4, -0.2) is 90.3 Å². The average Bonchev–Trinajstić information content (AvgIpc) is 3.45. The minimum absolute atomic E-state index is 0.0612. The van der Waals surface area contributed by atoms with Crippen LogP contribution in [0.1, 0.15) is 28.8 Å². The number of nitrogens with zero attached hydrogens (tertiary/aromatic N) is 8. The summed E-state index contributed by atoms with van der Waals surface area (Å²) in [5, 5.41) is 18.1. The van der Waals surface area contributed by atoms with Gasteiger partial charge in [0.25, 0.3) is 11.5 Å². The predicted octanol–water partition coefficient (Wildman–Crippen LogP) is 0.176. The first-order valence-corrected chi connectivity index (χ1v) is 13.6. The van der Waals surface area contributed by atoms with Gasteiger partial charge in [0, 0.05) is 38.3 Å². The first-order chi connectivity index (χ1) is 20.3. The number of carbonyl (C=O) groups excluding carboxylic acids is 2. The molecular formula is C27H30N10O5. The van der Waals surface area contributed by atoms with Gasteiger partial charge in [-0.3, -0.25) is 14.4 Å². The average molecular weight is 575 g/mol. The minimum atomic E-state index is -0.589. The van der Waals surface area contributed by atoms with E-state index in [-0.39, 0.29) is 42.4 Å². The van der Waals surface area contributed by atoms with Crippen molar-refractivity contribution in [1.82, 2.24) is 34.0 Å². The summed E-state index contributed by atoms with van der Waals surface area (Å²) in [5.41, 5.74) is 7.96. The second-order valence-corrected chi connectivity index (χ2v) is 10.1. The topological polar surface area (TPSA) is 186 Å². The van der Waals surface area contributed by atoms with Gasteiger partial charge in [-0.15, -0.1) is 5.10 Å². The van der Waals surface area contributed by atoms with Crippen molar-refractivity contribution in [3.63, 3.8) is 0 Å². The number of aryl methyl sites for hydroxylation is 1.